The van der Waals surface area contributed by atoms with E-state index in [1.807, 2.05) is 0 Å². The standard InChI is InChI=1S/C13H15N3O/c17-13-10-6-7-14-8-11(10)15-12(16-13)9-4-2-1-3-5-9/h6-9H,1-5H2,(H,15,16,17). The van der Waals surface area contributed by atoms with E-state index in [2.05, 4.69) is 15.0 Å². The lowest BCUT2D eigenvalue weighted by molar-refractivity contribution is 0.429. The van der Waals surface area contributed by atoms with Gasteiger partial charge in [-0.2, -0.15) is 0 Å². The highest BCUT2D eigenvalue weighted by Gasteiger charge is 2.18. The molecule has 17 heavy (non-hydrogen) atoms. The lowest BCUT2D eigenvalue weighted by atomic mass is 9.88. The Morgan fingerprint density at radius 2 is 2.06 bits per heavy atom. The fourth-order valence-electron chi connectivity index (χ4n) is 2.58. The van der Waals surface area contributed by atoms with Crippen molar-refractivity contribution >= 4 is 10.9 Å². The van der Waals surface area contributed by atoms with Gasteiger partial charge in [0.1, 0.15) is 5.82 Å². The van der Waals surface area contributed by atoms with E-state index in [4.69, 9.17) is 0 Å². The molecule has 1 aliphatic rings. The summed E-state index contributed by atoms with van der Waals surface area (Å²) in [4.78, 5) is 23.4. The van der Waals surface area contributed by atoms with Gasteiger partial charge in [0.15, 0.2) is 0 Å². The third-order valence-corrected chi connectivity index (χ3v) is 3.52. The zero-order valence-corrected chi connectivity index (χ0v) is 9.65. The van der Waals surface area contributed by atoms with Crippen LogP contribution in [0.5, 0.6) is 0 Å². The highest BCUT2D eigenvalue weighted by Crippen LogP contribution is 2.30. The van der Waals surface area contributed by atoms with Crippen molar-refractivity contribution in [1.29, 1.82) is 0 Å². The first-order chi connectivity index (χ1) is 8.34. The summed E-state index contributed by atoms with van der Waals surface area (Å²) in [6, 6.07) is 1.71. The van der Waals surface area contributed by atoms with Crippen LogP contribution in [0.3, 0.4) is 0 Å². The van der Waals surface area contributed by atoms with Gasteiger partial charge < -0.3 is 4.98 Å². The Labute approximate surface area is 99.1 Å². The molecule has 0 radical (unpaired) electrons. The third kappa shape index (κ3) is 1.95. The largest absolute Gasteiger partial charge is 0.310 e. The second kappa shape index (κ2) is 4.28. The molecular weight excluding hydrogens is 214 g/mol. The van der Waals surface area contributed by atoms with Crippen molar-refractivity contribution in [3.8, 4) is 0 Å². The number of rotatable bonds is 1. The molecule has 1 fully saturated rings. The van der Waals surface area contributed by atoms with Crippen LogP contribution in [0.2, 0.25) is 0 Å². The molecule has 1 saturated carbocycles. The molecule has 4 nitrogen and oxygen atoms in total. The first kappa shape index (κ1) is 10.4. The van der Waals surface area contributed by atoms with Crippen molar-refractivity contribution < 1.29 is 0 Å². The molecule has 1 aliphatic carbocycles. The van der Waals surface area contributed by atoms with Crippen LogP contribution in [0.4, 0.5) is 0 Å². The van der Waals surface area contributed by atoms with E-state index >= 15 is 0 Å². The molecule has 0 aliphatic heterocycles. The highest BCUT2D eigenvalue weighted by molar-refractivity contribution is 5.75. The van der Waals surface area contributed by atoms with Crippen molar-refractivity contribution in [2.45, 2.75) is 38.0 Å². The van der Waals surface area contributed by atoms with Gasteiger partial charge in [0, 0.05) is 12.1 Å². The average Bonchev–Trinajstić information content (AvgIpc) is 2.40. The number of nitrogens with one attached hydrogen (secondary N) is 1. The van der Waals surface area contributed by atoms with E-state index in [-0.39, 0.29) is 5.56 Å². The van der Waals surface area contributed by atoms with Gasteiger partial charge in [-0.15, -0.1) is 0 Å². The van der Waals surface area contributed by atoms with Crippen LogP contribution >= 0.6 is 0 Å². The van der Waals surface area contributed by atoms with Gasteiger partial charge in [0.25, 0.3) is 5.56 Å². The average molecular weight is 229 g/mol. The number of aromatic nitrogens is 3. The predicted molar refractivity (Wildman–Crippen MR) is 66.0 cm³/mol. The van der Waals surface area contributed by atoms with Crippen molar-refractivity contribution in [3.05, 3.63) is 34.6 Å². The second-order valence-corrected chi connectivity index (χ2v) is 4.68. The molecule has 1 N–H and O–H groups in total. The summed E-state index contributed by atoms with van der Waals surface area (Å²) >= 11 is 0. The zero-order valence-electron chi connectivity index (χ0n) is 9.65. The van der Waals surface area contributed by atoms with Gasteiger partial charge in [0.05, 0.1) is 17.1 Å². The maximum atomic E-state index is 11.9. The molecule has 0 unspecified atom stereocenters. The summed E-state index contributed by atoms with van der Waals surface area (Å²) in [6.45, 7) is 0. The van der Waals surface area contributed by atoms with Crippen LogP contribution in [-0.4, -0.2) is 15.0 Å². The molecular formula is C13H15N3O. The van der Waals surface area contributed by atoms with Gasteiger partial charge in [-0.1, -0.05) is 19.3 Å². The van der Waals surface area contributed by atoms with Gasteiger partial charge in [-0.05, 0) is 18.9 Å². The van der Waals surface area contributed by atoms with Crippen LogP contribution in [0.25, 0.3) is 10.9 Å². The van der Waals surface area contributed by atoms with E-state index in [0.717, 1.165) is 18.7 Å². The summed E-state index contributed by atoms with van der Waals surface area (Å²) < 4.78 is 0. The number of hydrogen-bond acceptors (Lipinski definition) is 3. The molecule has 0 aromatic carbocycles. The van der Waals surface area contributed by atoms with Crippen LogP contribution in [0, 0.1) is 0 Å². The number of nitrogens with zero attached hydrogens (tertiary/aromatic N) is 2. The van der Waals surface area contributed by atoms with Crippen molar-refractivity contribution in [2.24, 2.45) is 0 Å². The zero-order chi connectivity index (χ0) is 11.7. The van der Waals surface area contributed by atoms with Gasteiger partial charge in [-0.25, -0.2) is 4.98 Å². The molecule has 4 heteroatoms. The fraction of sp³-hybridized carbons (Fsp3) is 0.462. The first-order valence-electron chi connectivity index (χ1n) is 6.18. The molecule has 2 aromatic rings. The normalized spacial score (nSPS) is 17.4. The Kier molecular flexibility index (Phi) is 2.63. The van der Waals surface area contributed by atoms with E-state index in [0.29, 0.717) is 16.8 Å². The first-order valence-corrected chi connectivity index (χ1v) is 6.18. The van der Waals surface area contributed by atoms with Crippen molar-refractivity contribution in [2.75, 3.05) is 0 Å². The SMILES string of the molecule is O=c1[nH]c(C2CCCCC2)nc2cnccc12. The minimum atomic E-state index is -0.0435. The Bertz CT molecular complexity index is 584. The number of pyridine rings is 1. The maximum absolute atomic E-state index is 11.9. The van der Waals surface area contributed by atoms with Crippen LogP contribution in [-0.2, 0) is 0 Å². The Balaban J connectivity index is 2.08. The van der Waals surface area contributed by atoms with Gasteiger partial charge in [0.2, 0.25) is 0 Å². The van der Waals surface area contributed by atoms with E-state index in [1.54, 1.807) is 18.5 Å². The minimum Gasteiger partial charge on any atom is -0.310 e. The van der Waals surface area contributed by atoms with Crippen LogP contribution < -0.4 is 5.56 Å². The molecule has 0 bridgehead atoms. The molecule has 0 spiro atoms. The van der Waals surface area contributed by atoms with Gasteiger partial charge >= 0.3 is 0 Å². The third-order valence-electron chi connectivity index (χ3n) is 3.52. The number of H-pyrrole nitrogens is 1. The molecule has 0 saturated heterocycles. The number of aromatic amines is 1. The van der Waals surface area contributed by atoms with Gasteiger partial charge in [-0.3, -0.25) is 9.78 Å². The Hall–Kier alpha value is -1.71. The Morgan fingerprint density at radius 3 is 2.88 bits per heavy atom. The molecule has 3 rings (SSSR count). The fourth-order valence-corrected chi connectivity index (χ4v) is 2.58. The summed E-state index contributed by atoms with van der Waals surface area (Å²) in [5.41, 5.74) is 0.662. The monoisotopic (exact) mass is 229 g/mol. The minimum absolute atomic E-state index is 0.0435. The Morgan fingerprint density at radius 1 is 1.24 bits per heavy atom. The van der Waals surface area contributed by atoms with Crippen molar-refractivity contribution in [1.82, 2.24) is 15.0 Å². The molecule has 2 aromatic heterocycles. The second-order valence-electron chi connectivity index (χ2n) is 4.68. The highest BCUT2D eigenvalue weighted by atomic mass is 16.1. The summed E-state index contributed by atoms with van der Waals surface area (Å²) in [5.74, 6) is 1.26. The maximum Gasteiger partial charge on any atom is 0.258 e. The van der Waals surface area contributed by atoms with Crippen molar-refractivity contribution in [3.63, 3.8) is 0 Å². The summed E-state index contributed by atoms with van der Waals surface area (Å²) in [6.07, 6.45) is 9.33. The van der Waals surface area contributed by atoms with E-state index in [9.17, 15) is 4.79 Å². The van der Waals surface area contributed by atoms with Crippen LogP contribution in [0.1, 0.15) is 43.8 Å². The summed E-state index contributed by atoms with van der Waals surface area (Å²) in [7, 11) is 0. The smallest absolute Gasteiger partial charge is 0.258 e. The quantitative estimate of drug-likeness (QED) is 0.816. The van der Waals surface area contributed by atoms with E-state index in [1.165, 1.54) is 19.3 Å². The number of hydrogen-bond donors (Lipinski definition) is 1. The summed E-state index contributed by atoms with van der Waals surface area (Å²) in [5, 5.41) is 0.625. The topological polar surface area (TPSA) is 58.6 Å². The van der Waals surface area contributed by atoms with Crippen LogP contribution in [0.15, 0.2) is 23.3 Å². The molecule has 2 heterocycles. The van der Waals surface area contributed by atoms with E-state index < -0.39 is 0 Å². The molecule has 0 atom stereocenters. The lowest BCUT2D eigenvalue weighted by Gasteiger charge is -2.20. The molecule has 88 valence electrons. The number of fused-ring (bicyclic) bond motifs is 1. The lowest BCUT2D eigenvalue weighted by Crippen LogP contribution is -2.16. The predicted octanol–water partition coefficient (Wildman–Crippen LogP) is 2.37. The molecule has 0 amide bonds.